The number of rotatable bonds is 4. The quantitative estimate of drug-likeness (QED) is 0.639. The van der Waals surface area contributed by atoms with Crippen LogP contribution >= 0.6 is 22.7 Å². The molecule has 0 radical (unpaired) electrons. The summed E-state index contributed by atoms with van der Waals surface area (Å²) in [4.78, 5) is 4.45. The Bertz CT molecular complexity index is 775. The van der Waals surface area contributed by atoms with Crippen LogP contribution in [0.3, 0.4) is 0 Å². The molecule has 0 aliphatic carbocycles. The Morgan fingerprint density at radius 3 is 2.48 bits per heavy atom. The van der Waals surface area contributed by atoms with Gasteiger partial charge in [-0.15, -0.1) is 0 Å². The molecule has 0 aliphatic rings. The van der Waals surface area contributed by atoms with Crippen molar-refractivity contribution in [3.8, 4) is 10.6 Å². The lowest BCUT2D eigenvalue weighted by molar-refractivity contribution is -0.137. The molecule has 1 aromatic carbocycles. The van der Waals surface area contributed by atoms with Crippen LogP contribution in [0.4, 0.5) is 18.2 Å². The second-order valence-electron chi connectivity index (χ2n) is 4.99. The maximum absolute atomic E-state index is 12.6. The summed E-state index contributed by atoms with van der Waals surface area (Å²) < 4.78 is 37.8. The summed E-state index contributed by atoms with van der Waals surface area (Å²) >= 11 is 3.09. The zero-order valence-electron chi connectivity index (χ0n) is 12.1. The number of aryl methyl sites for hydroxylation is 1. The van der Waals surface area contributed by atoms with Gasteiger partial charge >= 0.3 is 6.18 Å². The van der Waals surface area contributed by atoms with Gasteiger partial charge in [-0.25, -0.2) is 4.98 Å². The molecule has 0 fully saturated rings. The first-order chi connectivity index (χ1) is 10.9. The molecule has 0 amide bonds. The van der Waals surface area contributed by atoms with Crippen molar-refractivity contribution in [1.29, 1.82) is 0 Å². The average molecular weight is 354 g/mol. The van der Waals surface area contributed by atoms with Crippen LogP contribution in [0, 0.1) is 6.92 Å². The summed E-state index contributed by atoms with van der Waals surface area (Å²) in [5.41, 5.74) is 2.08. The highest BCUT2D eigenvalue weighted by atomic mass is 32.1. The first-order valence-corrected chi connectivity index (χ1v) is 8.59. The van der Waals surface area contributed by atoms with E-state index in [0.717, 1.165) is 22.8 Å². The van der Waals surface area contributed by atoms with Crippen LogP contribution < -0.4 is 5.32 Å². The van der Waals surface area contributed by atoms with E-state index in [1.165, 1.54) is 29.0 Å². The normalized spacial score (nSPS) is 11.7. The lowest BCUT2D eigenvalue weighted by Crippen LogP contribution is -2.03. The number of hydrogen-bond acceptors (Lipinski definition) is 4. The lowest BCUT2D eigenvalue weighted by Gasteiger charge is -2.06. The first kappa shape index (κ1) is 16.0. The number of halogens is 3. The van der Waals surface area contributed by atoms with Gasteiger partial charge in [0.1, 0.15) is 10.0 Å². The molecule has 0 atom stereocenters. The van der Waals surface area contributed by atoms with E-state index < -0.39 is 11.7 Å². The zero-order valence-corrected chi connectivity index (χ0v) is 13.8. The molecule has 7 heteroatoms. The number of thiazole rings is 1. The summed E-state index contributed by atoms with van der Waals surface area (Å²) in [6, 6.07) is 7.15. The van der Waals surface area contributed by atoms with Crippen LogP contribution in [0.25, 0.3) is 10.6 Å². The molecule has 0 aliphatic heterocycles. The number of nitrogens with zero attached hydrogens (tertiary/aromatic N) is 1. The van der Waals surface area contributed by atoms with E-state index in [4.69, 9.17) is 0 Å². The van der Waals surface area contributed by atoms with Crippen LogP contribution in [0.5, 0.6) is 0 Å². The third-order valence-corrected chi connectivity index (χ3v) is 5.19. The van der Waals surface area contributed by atoms with E-state index in [-0.39, 0.29) is 0 Å². The van der Waals surface area contributed by atoms with Crippen molar-refractivity contribution in [2.75, 3.05) is 5.32 Å². The fourth-order valence-electron chi connectivity index (χ4n) is 2.06. The van der Waals surface area contributed by atoms with Gasteiger partial charge in [0.05, 0.1) is 11.3 Å². The molecule has 1 N–H and O–H groups in total. The molecule has 120 valence electrons. The molecule has 23 heavy (non-hydrogen) atoms. The molecule has 0 bridgehead atoms. The molecule has 3 rings (SSSR count). The van der Waals surface area contributed by atoms with E-state index in [0.29, 0.717) is 17.1 Å². The third kappa shape index (κ3) is 3.73. The van der Waals surface area contributed by atoms with Gasteiger partial charge in [-0.3, -0.25) is 0 Å². The fraction of sp³-hybridized carbons (Fsp3) is 0.188. The largest absolute Gasteiger partial charge is 0.416 e. The highest BCUT2D eigenvalue weighted by Crippen LogP contribution is 2.34. The third-order valence-electron chi connectivity index (χ3n) is 3.29. The molecule has 3 aromatic rings. The number of benzene rings is 1. The van der Waals surface area contributed by atoms with E-state index in [9.17, 15) is 13.2 Å². The van der Waals surface area contributed by atoms with Gasteiger partial charge < -0.3 is 5.32 Å². The van der Waals surface area contributed by atoms with Crippen molar-refractivity contribution in [1.82, 2.24) is 4.98 Å². The van der Waals surface area contributed by atoms with Crippen molar-refractivity contribution < 1.29 is 13.2 Å². The summed E-state index contributed by atoms with van der Waals surface area (Å²) in [5.74, 6) is 0. The molecular formula is C16H13F3N2S2. The topological polar surface area (TPSA) is 24.9 Å². The Morgan fingerprint density at radius 2 is 1.87 bits per heavy atom. The van der Waals surface area contributed by atoms with Crippen LogP contribution in [-0.4, -0.2) is 4.98 Å². The number of thiophene rings is 1. The number of hydrogen-bond donors (Lipinski definition) is 1. The van der Waals surface area contributed by atoms with Gasteiger partial charge in [0.25, 0.3) is 0 Å². The maximum Gasteiger partial charge on any atom is 0.416 e. The highest BCUT2D eigenvalue weighted by Gasteiger charge is 2.30. The van der Waals surface area contributed by atoms with Gasteiger partial charge in [-0.1, -0.05) is 23.5 Å². The smallest absolute Gasteiger partial charge is 0.371 e. The minimum absolute atomic E-state index is 0.648. The SMILES string of the molecule is Cc1nc(-c2ccc(C(F)(F)F)cc2)sc1NCc1ccsc1. The van der Waals surface area contributed by atoms with Gasteiger partial charge in [-0.05, 0) is 41.4 Å². The minimum Gasteiger partial charge on any atom is -0.371 e. The summed E-state index contributed by atoms with van der Waals surface area (Å²) in [5, 5.41) is 9.06. The van der Waals surface area contributed by atoms with E-state index in [2.05, 4.69) is 15.7 Å². The van der Waals surface area contributed by atoms with E-state index >= 15 is 0 Å². The van der Waals surface area contributed by atoms with Gasteiger partial charge in [0, 0.05) is 12.1 Å². The van der Waals surface area contributed by atoms with Crippen LogP contribution in [-0.2, 0) is 12.7 Å². The standard InChI is InChI=1S/C16H13F3N2S2/c1-10-14(20-8-11-6-7-22-9-11)23-15(21-10)12-2-4-13(5-3-12)16(17,18)19/h2-7,9,20H,8H2,1H3. The van der Waals surface area contributed by atoms with Crippen LogP contribution in [0.2, 0.25) is 0 Å². The van der Waals surface area contributed by atoms with Crippen LogP contribution in [0.1, 0.15) is 16.8 Å². The van der Waals surface area contributed by atoms with Gasteiger partial charge in [0.15, 0.2) is 0 Å². The van der Waals surface area contributed by atoms with Crippen molar-refractivity contribution in [3.05, 3.63) is 57.9 Å². The Hall–Kier alpha value is -1.86. The fourth-order valence-corrected chi connectivity index (χ4v) is 3.70. The monoisotopic (exact) mass is 354 g/mol. The molecule has 2 aromatic heterocycles. The Morgan fingerprint density at radius 1 is 1.13 bits per heavy atom. The second-order valence-corrected chi connectivity index (χ2v) is 6.77. The predicted molar refractivity (Wildman–Crippen MR) is 88.9 cm³/mol. The molecule has 2 nitrogen and oxygen atoms in total. The second kappa shape index (κ2) is 6.33. The van der Waals surface area contributed by atoms with Crippen molar-refractivity contribution in [2.45, 2.75) is 19.6 Å². The number of alkyl halides is 3. The van der Waals surface area contributed by atoms with Crippen molar-refractivity contribution >= 4 is 27.7 Å². The van der Waals surface area contributed by atoms with Crippen LogP contribution in [0.15, 0.2) is 41.1 Å². The maximum atomic E-state index is 12.6. The predicted octanol–water partition coefficient (Wildman–Crippen LogP) is 5.81. The number of aromatic nitrogens is 1. The van der Waals surface area contributed by atoms with Gasteiger partial charge in [-0.2, -0.15) is 24.5 Å². The lowest BCUT2D eigenvalue weighted by atomic mass is 10.1. The molecule has 2 heterocycles. The Labute approximate surface area is 139 Å². The van der Waals surface area contributed by atoms with Gasteiger partial charge in [0.2, 0.25) is 0 Å². The number of anilines is 1. The molecule has 0 saturated carbocycles. The molecular weight excluding hydrogens is 341 g/mol. The number of nitrogens with one attached hydrogen (secondary N) is 1. The van der Waals surface area contributed by atoms with E-state index in [1.54, 1.807) is 11.3 Å². The van der Waals surface area contributed by atoms with E-state index in [1.807, 2.05) is 18.4 Å². The zero-order chi connectivity index (χ0) is 16.4. The Kier molecular flexibility index (Phi) is 4.41. The molecule has 0 spiro atoms. The first-order valence-electron chi connectivity index (χ1n) is 6.83. The Balaban J connectivity index is 1.77. The summed E-state index contributed by atoms with van der Waals surface area (Å²) in [6.07, 6.45) is -4.31. The molecule has 0 saturated heterocycles. The average Bonchev–Trinajstić information content (AvgIpc) is 3.14. The van der Waals surface area contributed by atoms with Crippen molar-refractivity contribution in [2.24, 2.45) is 0 Å². The summed E-state index contributed by atoms with van der Waals surface area (Å²) in [7, 11) is 0. The van der Waals surface area contributed by atoms with Crippen molar-refractivity contribution in [3.63, 3.8) is 0 Å². The minimum atomic E-state index is -4.31. The highest BCUT2D eigenvalue weighted by molar-refractivity contribution is 7.19. The summed E-state index contributed by atoms with van der Waals surface area (Å²) in [6.45, 7) is 2.60. The molecule has 0 unspecified atom stereocenters.